The van der Waals surface area contributed by atoms with Crippen LogP contribution in [0.1, 0.15) is 88.4 Å². The third kappa shape index (κ3) is 7.40. The number of aromatic nitrogens is 4. The number of unbranched alkanes of at least 4 members (excludes halogenated alkanes) is 1. The van der Waals surface area contributed by atoms with E-state index < -0.39 is 5.54 Å². The summed E-state index contributed by atoms with van der Waals surface area (Å²) < 4.78 is 19.2. The van der Waals surface area contributed by atoms with E-state index in [9.17, 15) is 4.79 Å². The Morgan fingerprint density at radius 2 is 1.37 bits per heavy atom. The highest BCUT2D eigenvalue weighted by Gasteiger charge is 2.50. The number of methoxy groups -OCH3 is 1. The first-order valence-electron chi connectivity index (χ1n) is 16.3. The molecule has 0 spiro atoms. The van der Waals surface area contributed by atoms with E-state index in [2.05, 4.69) is 121 Å². The van der Waals surface area contributed by atoms with Crippen molar-refractivity contribution in [3.63, 3.8) is 0 Å². The van der Waals surface area contributed by atoms with Crippen molar-refractivity contribution in [1.82, 2.24) is 25.5 Å². The molecule has 9 nitrogen and oxygen atoms in total. The van der Waals surface area contributed by atoms with Gasteiger partial charge in [0.15, 0.2) is 5.82 Å². The molecule has 10 heteroatoms. The molecule has 4 aromatic rings. The summed E-state index contributed by atoms with van der Waals surface area (Å²) in [6.45, 7) is 8.85. The third-order valence-electron chi connectivity index (χ3n) is 9.35. The molecule has 1 unspecified atom stereocenters. The van der Waals surface area contributed by atoms with Crippen molar-refractivity contribution < 1.29 is 18.8 Å². The SMILES string of the molecule is COC(=O)CCCn1nnnc1C(CCCCB1OC(C)(C)C(C)(C)O1)NC(c1ccccc1)(c1ccccc1)c1ccccc1. The maximum Gasteiger partial charge on any atom is 0.457 e. The van der Waals surface area contributed by atoms with Crippen LogP contribution >= 0.6 is 0 Å². The minimum atomic E-state index is -0.705. The minimum absolute atomic E-state index is 0.230. The first-order chi connectivity index (χ1) is 22.2. The lowest BCUT2D eigenvalue weighted by atomic mass is 9.76. The molecule has 0 amide bonds. The molecule has 1 fully saturated rings. The third-order valence-corrected chi connectivity index (χ3v) is 9.35. The summed E-state index contributed by atoms with van der Waals surface area (Å²) in [4.78, 5) is 11.9. The monoisotopic (exact) mass is 623 g/mol. The largest absolute Gasteiger partial charge is 0.469 e. The molecule has 0 bridgehead atoms. The fourth-order valence-corrected chi connectivity index (χ4v) is 6.18. The zero-order chi connectivity index (χ0) is 32.6. The topological polar surface area (TPSA) is 100 Å². The molecule has 2 heterocycles. The molecule has 1 atom stereocenters. The number of hydrogen-bond donors (Lipinski definition) is 1. The quantitative estimate of drug-likeness (QED) is 0.0693. The normalized spacial score (nSPS) is 16.3. The molecular weight excluding hydrogens is 577 g/mol. The number of carbonyl (C=O) groups is 1. The molecule has 1 saturated heterocycles. The second-order valence-electron chi connectivity index (χ2n) is 13.0. The summed E-state index contributed by atoms with van der Waals surface area (Å²) in [5, 5.41) is 17.1. The maximum atomic E-state index is 11.9. The Balaban J connectivity index is 1.49. The summed E-state index contributed by atoms with van der Waals surface area (Å²) >= 11 is 0. The van der Waals surface area contributed by atoms with Crippen molar-refractivity contribution in [2.75, 3.05) is 7.11 Å². The van der Waals surface area contributed by atoms with Crippen LogP contribution in [0.2, 0.25) is 6.32 Å². The van der Waals surface area contributed by atoms with E-state index in [1.54, 1.807) is 0 Å². The number of esters is 1. The number of benzene rings is 3. The summed E-state index contributed by atoms with van der Waals surface area (Å²) in [6.07, 6.45) is 4.24. The highest BCUT2D eigenvalue weighted by molar-refractivity contribution is 6.45. The van der Waals surface area contributed by atoms with Crippen molar-refractivity contribution in [3.8, 4) is 0 Å². The minimum Gasteiger partial charge on any atom is -0.469 e. The number of aryl methyl sites for hydroxylation is 1. The molecule has 3 aromatic carbocycles. The number of ether oxygens (including phenoxy) is 1. The molecule has 1 aromatic heterocycles. The molecule has 1 N–H and O–H groups in total. The Morgan fingerprint density at radius 3 is 1.87 bits per heavy atom. The van der Waals surface area contributed by atoms with Crippen LogP contribution in [0.15, 0.2) is 91.0 Å². The maximum absolute atomic E-state index is 11.9. The second-order valence-corrected chi connectivity index (χ2v) is 13.0. The van der Waals surface area contributed by atoms with Crippen LogP contribution in [-0.2, 0) is 30.9 Å². The van der Waals surface area contributed by atoms with Crippen LogP contribution < -0.4 is 5.32 Å². The first-order valence-corrected chi connectivity index (χ1v) is 16.3. The zero-order valence-electron chi connectivity index (χ0n) is 27.7. The first kappa shape index (κ1) is 33.5. The van der Waals surface area contributed by atoms with Crippen molar-refractivity contribution in [2.24, 2.45) is 0 Å². The average Bonchev–Trinajstić information content (AvgIpc) is 3.61. The summed E-state index contributed by atoms with van der Waals surface area (Å²) in [5.74, 6) is 0.482. The van der Waals surface area contributed by atoms with Gasteiger partial charge in [0.1, 0.15) is 0 Å². The fourth-order valence-electron chi connectivity index (χ4n) is 6.18. The Kier molecular flexibility index (Phi) is 10.7. The van der Waals surface area contributed by atoms with Crippen LogP contribution in [0.3, 0.4) is 0 Å². The van der Waals surface area contributed by atoms with Gasteiger partial charge in [0.25, 0.3) is 0 Å². The van der Waals surface area contributed by atoms with Gasteiger partial charge in [-0.2, -0.15) is 0 Å². The van der Waals surface area contributed by atoms with Crippen LogP contribution in [-0.4, -0.2) is 51.6 Å². The highest BCUT2D eigenvalue weighted by atomic mass is 16.7. The average molecular weight is 624 g/mol. The van der Waals surface area contributed by atoms with Gasteiger partial charge in [0.05, 0.1) is 29.9 Å². The molecule has 46 heavy (non-hydrogen) atoms. The molecular formula is C36H46BN5O4. The van der Waals surface area contributed by atoms with Gasteiger partial charge in [-0.3, -0.25) is 10.1 Å². The van der Waals surface area contributed by atoms with E-state index >= 15 is 0 Å². The van der Waals surface area contributed by atoms with Crippen LogP contribution in [0.4, 0.5) is 0 Å². The lowest BCUT2D eigenvalue weighted by Gasteiger charge is -2.40. The molecule has 1 aliphatic rings. The van der Waals surface area contributed by atoms with Gasteiger partial charge in [-0.25, -0.2) is 4.68 Å². The van der Waals surface area contributed by atoms with Crippen LogP contribution in [0.5, 0.6) is 0 Å². The number of nitrogens with zero attached hydrogens (tertiary/aromatic N) is 4. The molecule has 242 valence electrons. The Labute approximate surface area is 273 Å². The smallest absolute Gasteiger partial charge is 0.457 e. The Morgan fingerprint density at radius 1 is 0.848 bits per heavy atom. The van der Waals surface area contributed by atoms with E-state index in [0.717, 1.165) is 48.1 Å². The van der Waals surface area contributed by atoms with E-state index in [4.69, 9.17) is 14.0 Å². The van der Waals surface area contributed by atoms with Gasteiger partial charge < -0.3 is 14.0 Å². The van der Waals surface area contributed by atoms with Crippen LogP contribution in [0, 0.1) is 0 Å². The van der Waals surface area contributed by atoms with E-state index in [0.29, 0.717) is 19.4 Å². The molecule has 1 aliphatic heterocycles. The highest BCUT2D eigenvalue weighted by Crippen LogP contribution is 2.41. The van der Waals surface area contributed by atoms with E-state index in [1.807, 2.05) is 22.9 Å². The summed E-state index contributed by atoms with van der Waals surface area (Å²) in [5.41, 5.74) is 1.92. The van der Waals surface area contributed by atoms with Gasteiger partial charge in [-0.1, -0.05) is 104 Å². The lowest BCUT2D eigenvalue weighted by Crippen LogP contribution is -2.47. The second kappa shape index (κ2) is 14.7. The zero-order valence-corrected chi connectivity index (χ0v) is 27.7. The van der Waals surface area contributed by atoms with Crippen molar-refractivity contribution >= 4 is 13.1 Å². The lowest BCUT2D eigenvalue weighted by molar-refractivity contribution is -0.140. The number of carbonyl (C=O) groups excluding carboxylic acids is 1. The number of nitrogens with one attached hydrogen (secondary N) is 1. The molecule has 0 saturated carbocycles. The van der Waals surface area contributed by atoms with Crippen molar-refractivity contribution in [2.45, 2.75) is 95.4 Å². The van der Waals surface area contributed by atoms with E-state index in [1.165, 1.54) is 7.11 Å². The Bertz CT molecular complexity index is 1420. The van der Waals surface area contributed by atoms with Gasteiger partial charge >= 0.3 is 13.1 Å². The van der Waals surface area contributed by atoms with E-state index in [-0.39, 0.29) is 30.3 Å². The Hall–Kier alpha value is -3.86. The number of hydrogen-bond acceptors (Lipinski definition) is 8. The number of rotatable bonds is 15. The number of tetrazole rings is 1. The predicted molar refractivity (Wildman–Crippen MR) is 179 cm³/mol. The van der Waals surface area contributed by atoms with Crippen molar-refractivity contribution in [1.29, 1.82) is 0 Å². The molecule has 0 radical (unpaired) electrons. The molecule has 5 rings (SSSR count). The van der Waals surface area contributed by atoms with Crippen LogP contribution in [0.25, 0.3) is 0 Å². The van der Waals surface area contributed by atoms with Crippen molar-refractivity contribution in [3.05, 3.63) is 114 Å². The standard InChI is InChI=1S/C36H46BN5O4/c1-34(2)35(3,4)46-37(45-34)26-16-15-24-31(33-39-40-41-42(33)27-17-25-32(43)44-5)38-36(28-18-9-6-10-19-28,29-20-11-7-12-21-29)30-22-13-8-14-23-30/h6-14,18-23,31,38H,15-17,24-27H2,1-5H3. The fraction of sp³-hybridized carbons (Fsp3) is 0.444. The predicted octanol–water partition coefficient (Wildman–Crippen LogP) is 6.51. The van der Waals surface area contributed by atoms with Gasteiger partial charge in [0.2, 0.25) is 0 Å². The summed E-state index contributed by atoms with van der Waals surface area (Å²) in [6, 6.07) is 31.4. The van der Waals surface area contributed by atoms with Gasteiger partial charge in [-0.15, -0.1) is 5.10 Å². The molecule has 0 aliphatic carbocycles. The summed E-state index contributed by atoms with van der Waals surface area (Å²) in [7, 11) is 1.17. The van der Waals surface area contributed by atoms with Gasteiger partial charge in [0, 0.05) is 13.0 Å². The van der Waals surface area contributed by atoms with Gasteiger partial charge in [-0.05, 0) is 74.0 Å².